The molecule has 1 atom stereocenters. The molecule has 1 unspecified atom stereocenters. The van der Waals surface area contributed by atoms with Crippen molar-refractivity contribution in [1.29, 1.82) is 0 Å². The van der Waals surface area contributed by atoms with Crippen molar-refractivity contribution in [3.63, 3.8) is 0 Å². The van der Waals surface area contributed by atoms with E-state index in [1.165, 1.54) is 28.0 Å². The molecule has 1 saturated heterocycles. The summed E-state index contributed by atoms with van der Waals surface area (Å²) >= 11 is 2.72. The Bertz CT molecular complexity index is 1920. The van der Waals surface area contributed by atoms with Crippen LogP contribution in [0.15, 0.2) is 126 Å². The maximum atomic E-state index is 13.6. The second-order valence-corrected chi connectivity index (χ2v) is 12.9. The van der Waals surface area contributed by atoms with E-state index in [9.17, 15) is 14.7 Å². The van der Waals surface area contributed by atoms with Gasteiger partial charge in [0, 0.05) is 11.3 Å². The van der Waals surface area contributed by atoms with Gasteiger partial charge in [0.15, 0.2) is 4.34 Å². The summed E-state index contributed by atoms with van der Waals surface area (Å²) < 4.78 is 12.2. The van der Waals surface area contributed by atoms with Gasteiger partial charge in [-0.2, -0.15) is 0 Å². The number of hydrogen-bond acceptors (Lipinski definition) is 9. The van der Waals surface area contributed by atoms with E-state index in [0.29, 0.717) is 45.9 Å². The van der Waals surface area contributed by atoms with Crippen molar-refractivity contribution in [3.05, 3.63) is 149 Å². The first kappa shape index (κ1) is 31.8. The third kappa shape index (κ3) is 7.29. The second kappa shape index (κ2) is 14.5. The molecule has 4 aromatic carbocycles. The molecule has 1 amide bonds. The minimum atomic E-state index is -0.944. The fraction of sp³-hybridized carbons (Fsp3) is 0.135. The highest BCUT2D eigenvalue weighted by Crippen LogP contribution is 2.44. The molecular formula is C37H31N3O5S2. The summed E-state index contributed by atoms with van der Waals surface area (Å²) in [6.07, 6.45) is 1.64. The third-order valence-electron chi connectivity index (χ3n) is 7.43. The Labute approximate surface area is 281 Å². The van der Waals surface area contributed by atoms with Gasteiger partial charge in [0.2, 0.25) is 5.13 Å². The van der Waals surface area contributed by atoms with Crippen LogP contribution in [0.2, 0.25) is 0 Å². The van der Waals surface area contributed by atoms with Crippen LogP contribution in [0.4, 0.5) is 5.13 Å². The van der Waals surface area contributed by atoms with E-state index in [1.807, 2.05) is 55.5 Å². The number of ether oxygens (including phenoxy) is 2. The van der Waals surface area contributed by atoms with Crippen LogP contribution in [-0.4, -0.2) is 33.6 Å². The fourth-order valence-corrected chi connectivity index (χ4v) is 6.98. The van der Waals surface area contributed by atoms with Crippen LogP contribution in [0, 0.1) is 6.92 Å². The molecule has 0 aliphatic carbocycles. The van der Waals surface area contributed by atoms with Crippen molar-refractivity contribution in [2.24, 2.45) is 0 Å². The van der Waals surface area contributed by atoms with E-state index in [0.717, 1.165) is 16.7 Å². The molecule has 0 spiro atoms. The van der Waals surface area contributed by atoms with E-state index in [-0.39, 0.29) is 16.5 Å². The Balaban J connectivity index is 1.31. The van der Waals surface area contributed by atoms with Crippen molar-refractivity contribution in [3.8, 4) is 11.5 Å². The number of amides is 1. The number of Topliss-reactive ketones (excluding diaryl/α,β-unsaturated/α-hetero) is 1. The van der Waals surface area contributed by atoms with Gasteiger partial charge in [-0.25, -0.2) is 0 Å². The van der Waals surface area contributed by atoms with Crippen LogP contribution < -0.4 is 14.4 Å². The first-order valence-corrected chi connectivity index (χ1v) is 16.6. The van der Waals surface area contributed by atoms with E-state index in [4.69, 9.17) is 9.47 Å². The average Bonchev–Trinajstić information content (AvgIpc) is 3.67. The lowest BCUT2D eigenvalue weighted by molar-refractivity contribution is -0.132. The number of carbonyl (C=O) groups excluding carboxylic acids is 2. The number of aliphatic hydroxyl groups is 1. The normalized spacial score (nSPS) is 15.5. The quantitative estimate of drug-likeness (QED) is 0.0360. The molecule has 6 rings (SSSR count). The van der Waals surface area contributed by atoms with Gasteiger partial charge >= 0.3 is 5.91 Å². The molecule has 1 aliphatic heterocycles. The van der Waals surface area contributed by atoms with Crippen LogP contribution in [0.25, 0.3) is 5.76 Å². The zero-order valence-corrected chi connectivity index (χ0v) is 27.2. The molecule has 8 nitrogen and oxygen atoms in total. The Kier molecular flexibility index (Phi) is 9.80. The Morgan fingerprint density at radius 3 is 2.34 bits per heavy atom. The monoisotopic (exact) mass is 661 g/mol. The smallest absolute Gasteiger partial charge is 0.301 e. The number of carbonyl (C=O) groups is 2. The number of benzene rings is 4. The topological polar surface area (TPSA) is 102 Å². The van der Waals surface area contributed by atoms with Gasteiger partial charge in [-0.05, 0) is 60.0 Å². The second-order valence-electron chi connectivity index (χ2n) is 10.8. The van der Waals surface area contributed by atoms with Crippen molar-refractivity contribution < 1.29 is 24.2 Å². The van der Waals surface area contributed by atoms with E-state index < -0.39 is 17.7 Å². The van der Waals surface area contributed by atoms with Gasteiger partial charge in [-0.3, -0.25) is 14.5 Å². The number of anilines is 1. The molecule has 0 radical (unpaired) electrons. The van der Waals surface area contributed by atoms with Gasteiger partial charge < -0.3 is 14.6 Å². The Morgan fingerprint density at radius 1 is 0.915 bits per heavy atom. The summed E-state index contributed by atoms with van der Waals surface area (Å²) in [4.78, 5) is 28.6. The number of ketones is 1. The summed E-state index contributed by atoms with van der Waals surface area (Å²) in [6.45, 7) is 6.42. The molecule has 236 valence electrons. The zero-order chi connectivity index (χ0) is 32.8. The van der Waals surface area contributed by atoms with Gasteiger partial charge in [-0.15, -0.1) is 10.2 Å². The van der Waals surface area contributed by atoms with Crippen LogP contribution in [0.3, 0.4) is 0 Å². The van der Waals surface area contributed by atoms with E-state index >= 15 is 0 Å². The molecular weight excluding hydrogens is 631 g/mol. The maximum absolute atomic E-state index is 13.6. The molecule has 5 aromatic rings. The standard InChI is InChI=1S/C37H31N3O5S2/c1-3-20-44-29-16-12-27(13-17-29)32-31(33(41)28-14-18-30(19-15-28)45-22-26-11-7-8-24(2)21-26)34(42)35(43)40(32)36-38-39-37(47-36)46-23-25-9-5-4-6-10-25/h3-19,21,32,41H,1,20,22-23H2,2H3/b33-31+. The van der Waals surface area contributed by atoms with Crippen LogP contribution in [-0.2, 0) is 21.9 Å². The van der Waals surface area contributed by atoms with E-state index in [1.54, 1.807) is 54.6 Å². The van der Waals surface area contributed by atoms with E-state index in [2.05, 4.69) is 22.8 Å². The lowest BCUT2D eigenvalue weighted by atomic mass is 9.95. The molecule has 0 saturated carbocycles. The van der Waals surface area contributed by atoms with Gasteiger partial charge in [0.05, 0.1) is 11.6 Å². The van der Waals surface area contributed by atoms with Crippen molar-refractivity contribution in [1.82, 2.24) is 10.2 Å². The SMILES string of the molecule is C=CCOc1ccc(C2/C(=C(\O)c3ccc(OCc4cccc(C)c4)cc3)C(=O)C(=O)N2c2nnc(SCc3ccccc3)s2)cc1. The lowest BCUT2D eigenvalue weighted by Crippen LogP contribution is -2.29. The first-order chi connectivity index (χ1) is 22.9. The number of rotatable bonds is 12. The molecule has 1 N–H and O–H groups in total. The molecule has 1 aliphatic rings. The number of nitrogens with zero attached hydrogens (tertiary/aromatic N) is 3. The predicted molar refractivity (Wildman–Crippen MR) is 185 cm³/mol. The Morgan fingerprint density at radius 2 is 1.62 bits per heavy atom. The molecule has 47 heavy (non-hydrogen) atoms. The van der Waals surface area contributed by atoms with Crippen LogP contribution in [0.5, 0.6) is 11.5 Å². The molecule has 1 aromatic heterocycles. The number of hydrogen-bond donors (Lipinski definition) is 1. The highest BCUT2D eigenvalue weighted by molar-refractivity contribution is 8.00. The maximum Gasteiger partial charge on any atom is 0.301 e. The summed E-state index contributed by atoms with van der Waals surface area (Å²) in [6, 6.07) is 30.9. The van der Waals surface area contributed by atoms with Crippen molar-refractivity contribution >= 4 is 45.7 Å². The number of thioether (sulfide) groups is 1. The third-order valence-corrected chi connectivity index (χ3v) is 9.56. The van der Waals surface area contributed by atoms with Gasteiger partial charge in [-0.1, -0.05) is 108 Å². The molecule has 1 fully saturated rings. The van der Waals surface area contributed by atoms with Gasteiger partial charge in [0.25, 0.3) is 5.78 Å². The highest BCUT2D eigenvalue weighted by Gasteiger charge is 2.48. The minimum Gasteiger partial charge on any atom is -0.507 e. The molecule has 10 heteroatoms. The summed E-state index contributed by atoms with van der Waals surface area (Å²) in [7, 11) is 0. The zero-order valence-electron chi connectivity index (χ0n) is 25.5. The average molecular weight is 662 g/mol. The summed E-state index contributed by atoms with van der Waals surface area (Å²) in [5.74, 6) is -0.0252. The van der Waals surface area contributed by atoms with Crippen molar-refractivity contribution in [2.75, 3.05) is 11.5 Å². The Hall–Kier alpha value is -5.19. The van der Waals surface area contributed by atoms with Crippen LogP contribution >= 0.6 is 23.1 Å². The lowest BCUT2D eigenvalue weighted by Gasteiger charge is -2.22. The van der Waals surface area contributed by atoms with Crippen LogP contribution in [0.1, 0.15) is 33.9 Å². The summed E-state index contributed by atoms with van der Waals surface area (Å²) in [5.41, 5.74) is 4.24. The largest absolute Gasteiger partial charge is 0.507 e. The summed E-state index contributed by atoms with van der Waals surface area (Å²) in [5, 5.41) is 20.4. The predicted octanol–water partition coefficient (Wildman–Crippen LogP) is 7.91. The minimum absolute atomic E-state index is 0.0446. The molecule has 0 bridgehead atoms. The molecule has 2 heterocycles. The van der Waals surface area contributed by atoms with Crippen molar-refractivity contribution in [2.45, 2.75) is 29.7 Å². The first-order valence-electron chi connectivity index (χ1n) is 14.8. The highest BCUT2D eigenvalue weighted by atomic mass is 32.2. The fourth-order valence-electron chi connectivity index (χ4n) is 5.16. The number of aryl methyl sites for hydroxylation is 1. The number of aromatic nitrogens is 2. The van der Waals surface area contributed by atoms with Gasteiger partial charge in [0.1, 0.15) is 30.5 Å². The number of aliphatic hydroxyl groups excluding tert-OH is 1.